The van der Waals surface area contributed by atoms with E-state index in [4.69, 9.17) is 5.10 Å². The number of aromatic nitrogens is 2. The molecule has 0 amide bonds. The van der Waals surface area contributed by atoms with Crippen LogP contribution in [0.25, 0.3) is 11.1 Å². The van der Waals surface area contributed by atoms with E-state index in [-0.39, 0.29) is 0 Å². The van der Waals surface area contributed by atoms with Crippen molar-refractivity contribution in [1.29, 1.82) is 0 Å². The van der Waals surface area contributed by atoms with Gasteiger partial charge < -0.3 is 0 Å². The number of hydrogen-bond acceptors (Lipinski definition) is 1. The van der Waals surface area contributed by atoms with Gasteiger partial charge in [0, 0.05) is 17.3 Å². The number of aryl methyl sites for hydroxylation is 2. The zero-order chi connectivity index (χ0) is 16.6. The minimum absolute atomic E-state index is 0.382. The Balaban J connectivity index is 2.89. The predicted molar refractivity (Wildman–Crippen MR) is 95.7 cm³/mol. The first-order chi connectivity index (χ1) is 10.3. The van der Waals surface area contributed by atoms with Gasteiger partial charge in [0.2, 0.25) is 0 Å². The number of benzene rings is 1. The fourth-order valence-corrected chi connectivity index (χ4v) is 3.28. The third-order valence-electron chi connectivity index (χ3n) is 4.29. The van der Waals surface area contributed by atoms with Crippen LogP contribution in [0.2, 0.25) is 0 Å². The van der Waals surface area contributed by atoms with Crippen LogP contribution in [-0.4, -0.2) is 9.78 Å². The molecular formula is C20H30N2. The molecule has 0 bridgehead atoms. The maximum absolute atomic E-state index is 5.01. The van der Waals surface area contributed by atoms with Crippen molar-refractivity contribution in [1.82, 2.24) is 9.78 Å². The SMILES string of the molecule is Cc1cccc(C)c1-c1c(C(C)C)nn(C(C)C)c1C(C)C. The Morgan fingerprint density at radius 3 is 1.77 bits per heavy atom. The van der Waals surface area contributed by atoms with Crippen LogP contribution in [0.3, 0.4) is 0 Å². The Labute approximate surface area is 135 Å². The first kappa shape index (κ1) is 16.8. The fourth-order valence-electron chi connectivity index (χ4n) is 3.28. The van der Waals surface area contributed by atoms with Gasteiger partial charge in [0.15, 0.2) is 0 Å². The lowest BCUT2D eigenvalue weighted by Crippen LogP contribution is -2.09. The van der Waals surface area contributed by atoms with Crippen molar-refractivity contribution in [2.45, 2.75) is 73.3 Å². The molecule has 0 spiro atoms. The van der Waals surface area contributed by atoms with E-state index >= 15 is 0 Å². The second kappa shape index (κ2) is 6.28. The van der Waals surface area contributed by atoms with Crippen LogP contribution in [0.5, 0.6) is 0 Å². The molecule has 0 aliphatic heterocycles. The minimum Gasteiger partial charge on any atom is -0.266 e. The molecule has 0 atom stereocenters. The summed E-state index contributed by atoms with van der Waals surface area (Å²) in [6.07, 6.45) is 0. The van der Waals surface area contributed by atoms with Crippen molar-refractivity contribution in [3.05, 3.63) is 40.7 Å². The lowest BCUT2D eigenvalue weighted by molar-refractivity contribution is 0.491. The van der Waals surface area contributed by atoms with Gasteiger partial charge in [-0.1, -0.05) is 45.9 Å². The molecule has 0 unspecified atom stereocenters. The van der Waals surface area contributed by atoms with Gasteiger partial charge >= 0.3 is 0 Å². The standard InChI is InChI=1S/C20H30N2/c1-12(2)19-18(17-15(7)10-9-11-16(17)8)20(13(3)4)22(21-19)14(5)6/h9-14H,1-8H3. The number of rotatable bonds is 4. The summed E-state index contributed by atoms with van der Waals surface area (Å²) in [6.45, 7) is 17.9. The molecule has 0 fully saturated rings. The van der Waals surface area contributed by atoms with Crippen molar-refractivity contribution in [3.63, 3.8) is 0 Å². The Bertz CT molecular complexity index is 640. The summed E-state index contributed by atoms with van der Waals surface area (Å²) in [6, 6.07) is 6.95. The van der Waals surface area contributed by atoms with Crippen LogP contribution in [0.4, 0.5) is 0 Å². The van der Waals surface area contributed by atoms with Gasteiger partial charge in [-0.15, -0.1) is 0 Å². The third kappa shape index (κ3) is 2.84. The lowest BCUT2D eigenvalue weighted by atomic mass is 9.88. The summed E-state index contributed by atoms with van der Waals surface area (Å²) in [5.74, 6) is 0.878. The number of hydrogen-bond donors (Lipinski definition) is 0. The fraction of sp³-hybridized carbons (Fsp3) is 0.550. The maximum Gasteiger partial charge on any atom is 0.0731 e. The van der Waals surface area contributed by atoms with E-state index in [0.717, 1.165) is 0 Å². The summed E-state index contributed by atoms with van der Waals surface area (Å²) >= 11 is 0. The molecule has 2 heteroatoms. The molecule has 0 N–H and O–H groups in total. The molecule has 0 saturated heterocycles. The van der Waals surface area contributed by atoms with E-state index < -0.39 is 0 Å². The zero-order valence-corrected chi connectivity index (χ0v) is 15.4. The number of nitrogens with zero attached hydrogens (tertiary/aromatic N) is 2. The largest absolute Gasteiger partial charge is 0.266 e. The van der Waals surface area contributed by atoms with Gasteiger partial charge in [-0.25, -0.2) is 0 Å². The second-order valence-corrected chi connectivity index (χ2v) is 7.26. The minimum atomic E-state index is 0.382. The Kier molecular flexibility index (Phi) is 4.79. The first-order valence-electron chi connectivity index (χ1n) is 8.44. The molecule has 0 aliphatic carbocycles. The molecular weight excluding hydrogens is 268 g/mol. The molecule has 2 nitrogen and oxygen atoms in total. The van der Waals surface area contributed by atoms with Gasteiger partial charge in [-0.3, -0.25) is 4.68 Å². The average Bonchev–Trinajstić information content (AvgIpc) is 2.79. The summed E-state index contributed by atoms with van der Waals surface area (Å²) in [5, 5.41) is 5.01. The molecule has 1 aromatic carbocycles. The van der Waals surface area contributed by atoms with E-state index in [1.54, 1.807) is 0 Å². The quantitative estimate of drug-likeness (QED) is 0.677. The molecule has 1 aromatic heterocycles. The highest BCUT2D eigenvalue weighted by atomic mass is 15.3. The molecule has 22 heavy (non-hydrogen) atoms. The zero-order valence-electron chi connectivity index (χ0n) is 15.4. The van der Waals surface area contributed by atoms with E-state index in [2.05, 4.69) is 78.3 Å². The van der Waals surface area contributed by atoms with Crippen molar-refractivity contribution < 1.29 is 0 Å². The van der Waals surface area contributed by atoms with Crippen molar-refractivity contribution in [2.75, 3.05) is 0 Å². The predicted octanol–water partition coefficient (Wildman–Crippen LogP) is 5.99. The smallest absolute Gasteiger partial charge is 0.0731 e. The van der Waals surface area contributed by atoms with Gasteiger partial charge in [-0.2, -0.15) is 5.10 Å². The van der Waals surface area contributed by atoms with E-state index in [1.165, 1.54) is 33.6 Å². The van der Waals surface area contributed by atoms with Crippen molar-refractivity contribution in [2.24, 2.45) is 0 Å². The summed E-state index contributed by atoms with van der Waals surface area (Å²) in [5.41, 5.74) is 8.03. The average molecular weight is 298 g/mol. The van der Waals surface area contributed by atoms with Gasteiger partial charge in [-0.05, 0) is 56.2 Å². The van der Waals surface area contributed by atoms with Crippen LogP contribution in [0.15, 0.2) is 18.2 Å². The maximum atomic E-state index is 5.01. The van der Waals surface area contributed by atoms with Crippen LogP contribution in [0, 0.1) is 13.8 Å². The summed E-state index contributed by atoms with van der Waals surface area (Å²) in [7, 11) is 0. The Hall–Kier alpha value is -1.57. The van der Waals surface area contributed by atoms with Crippen LogP contribution >= 0.6 is 0 Å². The van der Waals surface area contributed by atoms with Gasteiger partial charge in [0.25, 0.3) is 0 Å². The van der Waals surface area contributed by atoms with E-state index in [1.807, 2.05) is 0 Å². The van der Waals surface area contributed by atoms with E-state index in [9.17, 15) is 0 Å². The highest BCUT2D eigenvalue weighted by Gasteiger charge is 2.25. The Morgan fingerprint density at radius 1 is 0.818 bits per heavy atom. The van der Waals surface area contributed by atoms with Crippen LogP contribution in [0.1, 0.15) is 81.9 Å². The van der Waals surface area contributed by atoms with Crippen molar-refractivity contribution in [3.8, 4) is 11.1 Å². The Morgan fingerprint density at radius 2 is 1.36 bits per heavy atom. The molecule has 2 rings (SSSR count). The molecule has 1 heterocycles. The van der Waals surface area contributed by atoms with Crippen molar-refractivity contribution >= 4 is 0 Å². The lowest BCUT2D eigenvalue weighted by Gasteiger charge is -2.18. The summed E-state index contributed by atoms with van der Waals surface area (Å²) < 4.78 is 2.24. The monoisotopic (exact) mass is 298 g/mol. The normalized spacial score (nSPS) is 12.0. The second-order valence-electron chi connectivity index (χ2n) is 7.26. The van der Waals surface area contributed by atoms with Crippen LogP contribution < -0.4 is 0 Å². The molecule has 0 radical (unpaired) electrons. The summed E-state index contributed by atoms with van der Waals surface area (Å²) in [4.78, 5) is 0. The van der Waals surface area contributed by atoms with E-state index in [0.29, 0.717) is 17.9 Å². The van der Waals surface area contributed by atoms with Gasteiger partial charge in [0.1, 0.15) is 0 Å². The molecule has 120 valence electrons. The molecule has 0 aliphatic rings. The van der Waals surface area contributed by atoms with Gasteiger partial charge in [0.05, 0.1) is 5.69 Å². The first-order valence-corrected chi connectivity index (χ1v) is 8.44. The topological polar surface area (TPSA) is 17.8 Å². The molecule has 2 aromatic rings. The third-order valence-corrected chi connectivity index (χ3v) is 4.29. The molecule has 0 saturated carbocycles. The highest BCUT2D eigenvalue weighted by molar-refractivity contribution is 5.76. The van der Waals surface area contributed by atoms with Crippen LogP contribution in [-0.2, 0) is 0 Å². The highest BCUT2D eigenvalue weighted by Crippen LogP contribution is 2.40.